The van der Waals surface area contributed by atoms with E-state index in [0.717, 1.165) is 82.3 Å². The number of aromatic nitrogens is 4. The molecule has 0 radical (unpaired) electrons. The number of nitrogens with zero attached hydrogens (tertiary/aromatic N) is 2. The number of rotatable bonds is 18. The quantitative estimate of drug-likeness (QED) is 0.0845. The number of aryl methyl sites for hydroxylation is 2. The number of ketones is 1. The van der Waals surface area contributed by atoms with Crippen LogP contribution < -0.4 is 10.4 Å². The van der Waals surface area contributed by atoms with Gasteiger partial charge in [-0.3, -0.25) is 19.6 Å². The molecule has 1 aliphatic carbocycles. The van der Waals surface area contributed by atoms with Crippen molar-refractivity contribution in [1.29, 1.82) is 0 Å². The largest absolute Gasteiger partial charge is 0.512 e. The van der Waals surface area contributed by atoms with E-state index in [1.165, 1.54) is 50.4 Å². The molecule has 10 heteroatoms. The molecule has 2 aliphatic heterocycles. The molecule has 0 amide bonds. The third-order valence-electron chi connectivity index (χ3n) is 14.4. The van der Waals surface area contributed by atoms with Gasteiger partial charge < -0.3 is 24.5 Å². The van der Waals surface area contributed by atoms with E-state index in [-0.39, 0.29) is 54.0 Å². The van der Waals surface area contributed by atoms with Gasteiger partial charge in [0.1, 0.15) is 12.2 Å². The fraction of sp³-hybridized carbons (Fsp3) is 0.545. The fourth-order valence-electron chi connectivity index (χ4n) is 10.3. The summed E-state index contributed by atoms with van der Waals surface area (Å²) < 4.78 is 11.0. The molecular weight excluding hydrogens is 813 g/mol. The Morgan fingerprint density at radius 1 is 0.815 bits per heavy atom. The number of nitrogens with one attached hydrogen (secondary N) is 2. The first-order valence-electron chi connectivity index (χ1n) is 24.2. The number of ether oxygens (including phenoxy) is 2. The first-order chi connectivity index (χ1) is 30.9. The normalized spacial score (nSPS) is 19.6. The smallest absolute Gasteiger partial charge is 0.342 e. The number of H-pyrrole nitrogens is 2. The summed E-state index contributed by atoms with van der Waals surface area (Å²) in [4.78, 5) is 58.9. The molecule has 3 N–H and O–H groups in total. The summed E-state index contributed by atoms with van der Waals surface area (Å²) >= 11 is 0. The molecule has 3 aromatic heterocycles. The minimum atomic E-state index is -0.733. The number of fused-ring (bicyclic) bond motifs is 8. The van der Waals surface area contributed by atoms with Crippen LogP contribution in [0, 0.1) is 25.7 Å². The van der Waals surface area contributed by atoms with Crippen molar-refractivity contribution in [3.8, 4) is 0 Å². The minimum Gasteiger partial charge on any atom is -0.512 e. The highest BCUT2D eigenvalue weighted by Gasteiger charge is 2.38. The lowest BCUT2D eigenvalue weighted by molar-refractivity contribution is -0.142. The molecule has 3 aromatic rings. The molecule has 3 aliphatic rings. The number of aromatic amines is 2. The van der Waals surface area contributed by atoms with Crippen LogP contribution in [-0.2, 0) is 19.1 Å². The van der Waals surface area contributed by atoms with E-state index in [9.17, 15) is 19.5 Å². The van der Waals surface area contributed by atoms with Gasteiger partial charge in [-0.1, -0.05) is 84.4 Å². The van der Waals surface area contributed by atoms with Gasteiger partial charge in [0.15, 0.2) is 0 Å². The first-order valence-corrected chi connectivity index (χ1v) is 24.2. The molecule has 0 spiro atoms. The molecule has 8 bridgehead atoms. The highest BCUT2D eigenvalue weighted by atomic mass is 16.5. The lowest BCUT2D eigenvalue weighted by atomic mass is 9.86. The first kappa shape index (κ1) is 49.2. The highest BCUT2D eigenvalue weighted by Crippen LogP contribution is 2.41. The van der Waals surface area contributed by atoms with Crippen molar-refractivity contribution in [3.05, 3.63) is 91.4 Å². The standard InChI is InChI=1S/C55H74N4O6/c1-13-39-34(7)41-29-46-48(38(11)60)36(9)43(57-46)27-42-35(8)40(52(58-42)50-51(55(63)64-12)54(62)49-37(10)44(59-53(49)50)28-45(39)56-41)23-24-47(61)65-26-25-33(6)22-16-21-32(5)20-15-19-31(4)18-14-17-30(2)3/h21,25,27-31,34-35,39-40,57,59-60H,13-20,22-24,26H2,1-12H3/b32-21+,33-25+,42-27?,45-28?,46-29?,48-38?/t31-,34-,35+,39-,40+/m1/s1. The molecule has 5 heterocycles. The molecule has 0 aromatic carbocycles. The summed E-state index contributed by atoms with van der Waals surface area (Å²) in [5.74, 6) is -0.0318. The summed E-state index contributed by atoms with van der Waals surface area (Å²) in [5.41, 5.74) is 10.4. The van der Waals surface area contributed by atoms with Crippen LogP contribution in [0.3, 0.4) is 0 Å². The van der Waals surface area contributed by atoms with E-state index in [2.05, 4.69) is 71.4 Å². The van der Waals surface area contributed by atoms with E-state index >= 15 is 0 Å². The number of aliphatic hydroxyl groups excluding tert-OH is 1. The van der Waals surface area contributed by atoms with Crippen LogP contribution >= 0.6 is 0 Å². The summed E-state index contributed by atoms with van der Waals surface area (Å²) in [5, 5.41) is 12.1. The lowest BCUT2D eigenvalue weighted by Gasteiger charge is -2.16. The number of aliphatic hydroxyl groups is 1. The van der Waals surface area contributed by atoms with Crippen molar-refractivity contribution in [2.75, 3.05) is 13.7 Å². The predicted octanol–water partition coefficient (Wildman–Crippen LogP) is 12.0. The maximum absolute atomic E-state index is 14.4. The monoisotopic (exact) mass is 887 g/mol. The van der Waals surface area contributed by atoms with E-state index < -0.39 is 11.8 Å². The molecule has 10 nitrogen and oxygen atoms in total. The Kier molecular flexibility index (Phi) is 16.2. The third kappa shape index (κ3) is 10.9. The van der Waals surface area contributed by atoms with Gasteiger partial charge in [0.2, 0.25) is 5.78 Å². The summed E-state index contributed by atoms with van der Waals surface area (Å²) in [7, 11) is 1.28. The molecule has 0 unspecified atom stereocenters. The minimum absolute atomic E-state index is 0.0633. The van der Waals surface area contributed by atoms with Crippen molar-refractivity contribution >= 4 is 51.1 Å². The van der Waals surface area contributed by atoms with Gasteiger partial charge in [0, 0.05) is 68.6 Å². The fourth-order valence-corrected chi connectivity index (χ4v) is 10.3. The van der Waals surface area contributed by atoms with Gasteiger partial charge in [-0.2, -0.15) is 0 Å². The van der Waals surface area contributed by atoms with Gasteiger partial charge in [0.05, 0.1) is 35.2 Å². The van der Waals surface area contributed by atoms with Crippen molar-refractivity contribution in [3.63, 3.8) is 0 Å². The van der Waals surface area contributed by atoms with Crippen LogP contribution in [0.25, 0.3) is 33.4 Å². The number of methoxy groups -OCH3 is 1. The zero-order chi connectivity index (χ0) is 47.3. The number of carbonyl (C=O) groups is 3. The number of carbonyl (C=O) groups excluding carboxylic acids is 3. The zero-order valence-electron chi connectivity index (χ0n) is 41.2. The summed E-state index contributed by atoms with van der Waals surface area (Å²) in [6, 6.07) is 6.04. The third-order valence-corrected chi connectivity index (χ3v) is 14.4. The molecule has 350 valence electrons. The number of hydrogen-bond donors (Lipinski definition) is 3. The van der Waals surface area contributed by atoms with Crippen molar-refractivity contribution < 1.29 is 29.0 Å². The Labute approximate surface area is 386 Å². The van der Waals surface area contributed by atoms with Crippen LogP contribution in [0.1, 0.15) is 201 Å². The number of hydrogen-bond acceptors (Lipinski definition) is 8. The predicted molar refractivity (Wildman–Crippen MR) is 262 cm³/mol. The molecule has 65 heavy (non-hydrogen) atoms. The van der Waals surface area contributed by atoms with Crippen LogP contribution in [0.2, 0.25) is 0 Å². The van der Waals surface area contributed by atoms with Gasteiger partial charge >= 0.3 is 11.9 Å². The molecule has 5 atom stereocenters. The maximum atomic E-state index is 14.4. The Bertz CT molecular complexity index is 2660. The summed E-state index contributed by atoms with van der Waals surface area (Å²) in [6.07, 6.45) is 15.2. The SMILES string of the molecule is CC[C@H]1c2cc3[nH]c4c(c3C)C(=O)C(C(=O)OC)=c4c3nc(cc4[nH]c(cc(n2)[C@@H]1C)c(=C(C)O)c4C)[C@@H](C)[C@@H]3CCC(=O)OC/C=C(\C)CC/C=C(\C)CCC[C@H](C)CCCC(C)C. The average molecular weight is 887 g/mol. The molecule has 6 rings (SSSR count). The number of esters is 2. The van der Waals surface area contributed by atoms with Crippen LogP contribution in [0.15, 0.2) is 41.5 Å². The summed E-state index contributed by atoms with van der Waals surface area (Å²) in [6.45, 7) is 23.4. The van der Waals surface area contributed by atoms with Crippen molar-refractivity contribution in [2.45, 2.75) is 170 Å². The van der Waals surface area contributed by atoms with E-state index in [1.54, 1.807) is 6.92 Å². The van der Waals surface area contributed by atoms with Crippen LogP contribution in [0.5, 0.6) is 0 Å². The molecule has 0 fully saturated rings. The molecular formula is C55H74N4O6. The second-order valence-corrected chi connectivity index (χ2v) is 19.7. The Morgan fingerprint density at radius 2 is 1.46 bits per heavy atom. The van der Waals surface area contributed by atoms with E-state index in [4.69, 9.17) is 19.4 Å². The number of Topliss-reactive ketones (excluding diaryl/α,β-unsaturated/α-hetero) is 1. The maximum Gasteiger partial charge on any atom is 0.342 e. The topological polar surface area (TPSA) is 147 Å². The van der Waals surface area contributed by atoms with Crippen molar-refractivity contribution in [2.24, 2.45) is 11.8 Å². The highest BCUT2D eigenvalue weighted by molar-refractivity contribution is 6.48. The number of allylic oxidation sites excluding steroid dienone is 3. The van der Waals surface area contributed by atoms with Crippen molar-refractivity contribution in [1.82, 2.24) is 19.9 Å². The zero-order valence-corrected chi connectivity index (χ0v) is 41.2. The van der Waals surface area contributed by atoms with E-state index in [1.807, 2.05) is 38.1 Å². The van der Waals surface area contributed by atoms with Crippen LogP contribution in [0.4, 0.5) is 0 Å². The van der Waals surface area contributed by atoms with Gasteiger partial charge in [-0.15, -0.1) is 0 Å². The van der Waals surface area contributed by atoms with Gasteiger partial charge in [-0.05, 0) is 120 Å². The average Bonchev–Trinajstić information content (AvgIpc) is 4.00. The Balaban J connectivity index is 1.28. The second-order valence-electron chi connectivity index (χ2n) is 19.7. The molecule has 0 saturated carbocycles. The second kappa shape index (κ2) is 21.4. The lowest BCUT2D eigenvalue weighted by Crippen LogP contribution is -2.22. The van der Waals surface area contributed by atoms with E-state index in [0.29, 0.717) is 33.6 Å². The molecule has 0 saturated heterocycles. The Morgan fingerprint density at radius 3 is 2.15 bits per heavy atom. The van der Waals surface area contributed by atoms with Gasteiger partial charge in [-0.25, -0.2) is 4.79 Å². The van der Waals surface area contributed by atoms with Gasteiger partial charge in [0.25, 0.3) is 0 Å². The van der Waals surface area contributed by atoms with Crippen LogP contribution in [-0.4, -0.2) is 56.5 Å². The Hall–Kier alpha value is -5.25.